The van der Waals surface area contributed by atoms with Gasteiger partial charge in [0.1, 0.15) is 5.56 Å². The van der Waals surface area contributed by atoms with Gasteiger partial charge >= 0.3 is 0 Å². The first-order valence-corrected chi connectivity index (χ1v) is 12.9. The molecule has 2 unspecified atom stereocenters. The number of carbonyl (C=O) groups excluding carboxylic acids is 2. The largest absolute Gasteiger partial charge is 0.381 e. The minimum absolute atomic E-state index is 0.00350. The SMILES string of the molecule is CCCCN1CCC(N2CCN(C(=O)C3COC3)CC2)C(NC(=O)c2c(N)nn3cc(F)cnc23)C1. The summed E-state index contributed by atoms with van der Waals surface area (Å²) in [4.78, 5) is 36.8. The minimum Gasteiger partial charge on any atom is -0.381 e. The first-order valence-electron chi connectivity index (χ1n) is 12.9. The first kappa shape index (κ1) is 24.8. The number of hydrogen-bond donors (Lipinski definition) is 2. The number of unbranched alkanes of at least 4 members (excludes halogenated alkanes) is 1. The number of nitrogen functional groups attached to an aromatic ring is 1. The summed E-state index contributed by atoms with van der Waals surface area (Å²) in [5, 5.41) is 7.27. The number of likely N-dealkylation sites (tertiary alicyclic amines) is 1. The fraction of sp³-hybridized carbons (Fsp3) is 0.667. The molecule has 11 nitrogen and oxygen atoms in total. The molecule has 5 rings (SSSR count). The van der Waals surface area contributed by atoms with Crippen LogP contribution in [0.15, 0.2) is 12.4 Å². The maximum atomic E-state index is 13.6. The lowest BCUT2D eigenvalue weighted by Crippen LogP contribution is -2.64. The van der Waals surface area contributed by atoms with Crippen molar-refractivity contribution in [3.63, 3.8) is 0 Å². The number of aromatic nitrogens is 3. The van der Waals surface area contributed by atoms with Crippen molar-refractivity contribution in [2.75, 3.05) is 64.8 Å². The highest BCUT2D eigenvalue weighted by Crippen LogP contribution is 2.23. The molecule has 36 heavy (non-hydrogen) atoms. The van der Waals surface area contributed by atoms with Crippen LogP contribution in [0.1, 0.15) is 36.5 Å². The van der Waals surface area contributed by atoms with Gasteiger partial charge in [-0.3, -0.25) is 14.5 Å². The van der Waals surface area contributed by atoms with Gasteiger partial charge in [0.15, 0.2) is 17.3 Å². The van der Waals surface area contributed by atoms with Crippen molar-refractivity contribution in [2.24, 2.45) is 5.92 Å². The topological polar surface area (TPSA) is 121 Å². The highest BCUT2D eigenvalue weighted by Gasteiger charge is 2.38. The third kappa shape index (κ3) is 5.02. The van der Waals surface area contributed by atoms with Crippen LogP contribution in [0.25, 0.3) is 5.65 Å². The number of piperidine rings is 1. The number of halogens is 1. The molecule has 196 valence electrons. The summed E-state index contributed by atoms with van der Waals surface area (Å²) in [6.45, 7) is 8.81. The Balaban J connectivity index is 1.30. The molecule has 0 aliphatic carbocycles. The molecule has 3 aliphatic rings. The Morgan fingerprint density at radius 2 is 2.00 bits per heavy atom. The zero-order chi connectivity index (χ0) is 25.2. The van der Waals surface area contributed by atoms with Crippen LogP contribution in [0.3, 0.4) is 0 Å². The van der Waals surface area contributed by atoms with E-state index in [-0.39, 0.29) is 46.8 Å². The van der Waals surface area contributed by atoms with Gasteiger partial charge in [-0.05, 0) is 25.9 Å². The van der Waals surface area contributed by atoms with Crippen LogP contribution >= 0.6 is 0 Å². The number of hydrogen-bond acceptors (Lipinski definition) is 8. The second-order valence-electron chi connectivity index (χ2n) is 9.99. The number of rotatable bonds is 7. The quantitative estimate of drug-likeness (QED) is 0.551. The van der Waals surface area contributed by atoms with E-state index < -0.39 is 5.82 Å². The lowest BCUT2D eigenvalue weighted by atomic mass is 9.95. The second-order valence-corrected chi connectivity index (χ2v) is 9.99. The lowest BCUT2D eigenvalue weighted by molar-refractivity contribution is -0.152. The molecule has 2 atom stereocenters. The highest BCUT2D eigenvalue weighted by molar-refractivity contribution is 6.04. The summed E-state index contributed by atoms with van der Waals surface area (Å²) in [5.74, 6) is -0.699. The number of piperazine rings is 1. The van der Waals surface area contributed by atoms with Crippen molar-refractivity contribution >= 4 is 23.3 Å². The molecule has 0 saturated carbocycles. The molecule has 2 aromatic rings. The van der Waals surface area contributed by atoms with E-state index in [1.54, 1.807) is 0 Å². The van der Waals surface area contributed by atoms with E-state index in [0.29, 0.717) is 26.3 Å². The van der Waals surface area contributed by atoms with Crippen molar-refractivity contribution < 1.29 is 18.7 Å². The molecule has 3 fully saturated rings. The Labute approximate surface area is 209 Å². The number of ether oxygens (including phenoxy) is 1. The molecule has 0 radical (unpaired) electrons. The van der Waals surface area contributed by atoms with Crippen LogP contribution in [0.4, 0.5) is 10.2 Å². The predicted molar refractivity (Wildman–Crippen MR) is 131 cm³/mol. The molecular formula is C24H35FN8O3. The number of nitrogens with one attached hydrogen (secondary N) is 1. The van der Waals surface area contributed by atoms with Crippen LogP contribution in [-0.2, 0) is 9.53 Å². The van der Waals surface area contributed by atoms with Crippen molar-refractivity contribution in [3.8, 4) is 0 Å². The van der Waals surface area contributed by atoms with Crippen molar-refractivity contribution in [3.05, 3.63) is 23.8 Å². The van der Waals surface area contributed by atoms with Crippen LogP contribution in [0, 0.1) is 11.7 Å². The van der Waals surface area contributed by atoms with E-state index in [2.05, 4.69) is 32.1 Å². The van der Waals surface area contributed by atoms with Gasteiger partial charge in [-0.2, -0.15) is 0 Å². The lowest BCUT2D eigenvalue weighted by Gasteiger charge is -2.47. The highest BCUT2D eigenvalue weighted by atomic mass is 19.1. The van der Waals surface area contributed by atoms with Gasteiger partial charge in [0.25, 0.3) is 5.91 Å². The average molecular weight is 503 g/mol. The first-order chi connectivity index (χ1) is 17.4. The minimum atomic E-state index is -0.557. The molecular weight excluding hydrogens is 467 g/mol. The van der Waals surface area contributed by atoms with E-state index in [9.17, 15) is 14.0 Å². The van der Waals surface area contributed by atoms with E-state index >= 15 is 0 Å². The summed E-state index contributed by atoms with van der Waals surface area (Å²) in [5.41, 5.74) is 6.44. The Bertz CT molecular complexity index is 1100. The van der Waals surface area contributed by atoms with Crippen molar-refractivity contribution in [2.45, 2.75) is 38.3 Å². The third-order valence-electron chi connectivity index (χ3n) is 7.58. The molecule has 0 bridgehead atoms. The Hall–Kier alpha value is -2.83. The smallest absolute Gasteiger partial charge is 0.259 e. The molecule has 0 spiro atoms. The fourth-order valence-electron chi connectivity index (χ4n) is 5.47. The third-order valence-corrected chi connectivity index (χ3v) is 7.58. The molecule has 12 heteroatoms. The molecule has 2 amide bonds. The average Bonchev–Trinajstić information content (AvgIpc) is 3.16. The van der Waals surface area contributed by atoms with Gasteiger partial charge in [-0.25, -0.2) is 13.9 Å². The fourth-order valence-corrected chi connectivity index (χ4v) is 5.47. The van der Waals surface area contributed by atoms with Crippen LogP contribution in [0.2, 0.25) is 0 Å². The molecule has 3 aliphatic heterocycles. The van der Waals surface area contributed by atoms with Crippen LogP contribution in [0.5, 0.6) is 0 Å². The second kappa shape index (κ2) is 10.7. The number of anilines is 1. The maximum absolute atomic E-state index is 13.6. The molecule has 3 saturated heterocycles. The monoisotopic (exact) mass is 502 g/mol. The van der Waals surface area contributed by atoms with Gasteiger partial charge in [0, 0.05) is 38.8 Å². The standard InChI is InChI=1S/C24H35FN8O3/c1-2-3-5-30-6-4-19(31-7-9-32(10-8-31)24(35)16-14-36-15-16)18(13-30)28-23(34)20-21(26)29-33-12-17(25)11-27-22(20)33/h11-12,16,18-19H,2-10,13-15H2,1H3,(H2,26,29)(H,28,34). The van der Waals surface area contributed by atoms with Gasteiger partial charge in [-0.15, -0.1) is 5.10 Å². The van der Waals surface area contributed by atoms with Crippen molar-refractivity contribution in [1.82, 2.24) is 34.6 Å². The van der Waals surface area contributed by atoms with Gasteiger partial charge in [0.2, 0.25) is 5.91 Å². The molecule has 0 aromatic carbocycles. The zero-order valence-corrected chi connectivity index (χ0v) is 20.7. The van der Waals surface area contributed by atoms with E-state index in [4.69, 9.17) is 10.5 Å². The van der Waals surface area contributed by atoms with Crippen molar-refractivity contribution in [1.29, 1.82) is 0 Å². The number of fused-ring (bicyclic) bond motifs is 1. The van der Waals surface area contributed by atoms with Gasteiger partial charge in [-0.1, -0.05) is 13.3 Å². The number of carbonyl (C=O) groups is 2. The summed E-state index contributed by atoms with van der Waals surface area (Å²) in [7, 11) is 0. The van der Waals surface area contributed by atoms with E-state index in [1.165, 1.54) is 4.52 Å². The van der Waals surface area contributed by atoms with E-state index in [1.807, 2.05) is 4.90 Å². The Morgan fingerprint density at radius 3 is 2.69 bits per heavy atom. The number of nitrogens with zero attached hydrogens (tertiary/aromatic N) is 6. The van der Waals surface area contributed by atoms with Gasteiger partial charge < -0.3 is 25.6 Å². The summed E-state index contributed by atoms with van der Waals surface area (Å²) in [6.07, 6.45) is 5.35. The van der Waals surface area contributed by atoms with Crippen LogP contribution < -0.4 is 11.1 Å². The Morgan fingerprint density at radius 1 is 1.22 bits per heavy atom. The number of nitrogens with two attached hydrogens (primary N) is 1. The zero-order valence-electron chi connectivity index (χ0n) is 20.7. The summed E-state index contributed by atoms with van der Waals surface area (Å²) in [6, 6.07) is 0.0183. The van der Waals surface area contributed by atoms with E-state index in [0.717, 1.165) is 64.4 Å². The predicted octanol–water partition coefficient (Wildman–Crippen LogP) is 0.214. The molecule has 3 N–H and O–H groups in total. The summed E-state index contributed by atoms with van der Waals surface area (Å²) >= 11 is 0. The molecule has 5 heterocycles. The van der Waals surface area contributed by atoms with Crippen LogP contribution in [-0.4, -0.2) is 112 Å². The normalized spacial score (nSPS) is 24.1. The Kier molecular flexibility index (Phi) is 7.35. The summed E-state index contributed by atoms with van der Waals surface area (Å²) < 4.78 is 20.0. The number of amides is 2. The van der Waals surface area contributed by atoms with Gasteiger partial charge in [0.05, 0.1) is 37.6 Å². The molecule has 2 aromatic heterocycles. The maximum Gasteiger partial charge on any atom is 0.259 e.